The molecule has 0 spiro atoms. The van der Waals surface area contributed by atoms with Gasteiger partial charge in [-0.25, -0.2) is 10.9 Å². The van der Waals surface area contributed by atoms with E-state index in [0.29, 0.717) is 32.2 Å². The van der Waals surface area contributed by atoms with Crippen LogP contribution in [0, 0.1) is 11.8 Å². The zero-order chi connectivity index (χ0) is 29.3. The van der Waals surface area contributed by atoms with E-state index in [1.165, 1.54) is 0 Å². The van der Waals surface area contributed by atoms with Gasteiger partial charge in [-0.3, -0.25) is 14.5 Å². The second-order valence-electron chi connectivity index (χ2n) is 12.6. The van der Waals surface area contributed by atoms with E-state index in [0.717, 1.165) is 97.4 Å². The van der Waals surface area contributed by atoms with Crippen LogP contribution < -0.4 is 10.9 Å². The molecule has 0 aromatic rings. The molecule has 4 bridgehead atoms. The first kappa shape index (κ1) is 32.0. The zero-order valence-corrected chi connectivity index (χ0v) is 25.7. The standard InChI is InChI=1S/C30H53N5O7/c1-38-25-18-23-19-26(28(25)39-2)40-16-3-6-24(42-30(37)22-7-8-27-32-31-21-35(27)20-22)9-13-34-11-4-10-33(14-15-34)12-5-17-41-29(23)36/h22-28,31-32H,3-21H2,1-2H3. The van der Waals surface area contributed by atoms with Gasteiger partial charge in [-0.2, -0.15) is 0 Å². The van der Waals surface area contributed by atoms with Gasteiger partial charge in [0, 0.05) is 53.6 Å². The highest BCUT2D eigenvalue weighted by Gasteiger charge is 2.42. The van der Waals surface area contributed by atoms with E-state index < -0.39 is 0 Å². The summed E-state index contributed by atoms with van der Waals surface area (Å²) >= 11 is 0. The number of nitrogens with one attached hydrogen (secondary N) is 2. The molecular formula is C30H53N5O7. The van der Waals surface area contributed by atoms with E-state index in [1.807, 2.05) is 0 Å². The lowest BCUT2D eigenvalue weighted by molar-refractivity contribution is -0.172. The lowest BCUT2D eigenvalue weighted by Crippen LogP contribution is -2.49. The van der Waals surface area contributed by atoms with Crippen molar-refractivity contribution in [2.75, 3.05) is 79.9 Å². The molecule has 42 heavy (non-hydrogen) atoms. The fourth-order valence-corrected chi connectivity index (χ4v) is 7.34. The van der Waals surface area contributed by atoms with Crippen molar-refractivity contribution >= 4 is 11.9 Å². The second-order valence-corrected chi connectivity index (χ2v) is 12.6. The van der Waals surface area contributed by atoms with E-state index in [4.69, 9.17) is 23.7 Å². The van der Waals surface area contributed by atoms with Gasteiger partial charge in [0.25, 0.3) is 0 Å². The van der Waals surface area contributed by atoms with Gasteiger partial charge in [0.1, 0.15) is 12.2 Å². The maximum absolute atomic E-state index is 13.3. The third-order valence-corrected chi connectivity index (χ3v) is 9.84. The summed E-state index contributed by atoms with van der Waals surface area (Å²) < 4.78 is 29.8. The summed E-state index contributed by atoms with van der Waals surface area (Å²) in [5, 5.41) is 0. The Labute approximate surface area is 251 Å². The van der Waals surface area contributed by atoms with Gasteiger partial charge in [-0.1, -0.05) is 0 Å². The molecule has 0 radical (unpaired) electrons. The molecule has 240 valence electrons. The average Bonchev–Trinajstić information content (AvgIpc) is 3.36. The van der Waals surface area contributed by atoms with E-state index in [9.17, 15) is 9.59 Å². The van der Waals surface area contributed by atoms with Crippen LogP contribution in [0.2, 0.25) is 0 Å². The molecule has 5 rings (SSSR count). The zero-order valence-electron chi connectivity index (χ0n) is 25.7. The Hall–Kier alpha value is -1.38. The van der Waals surface area contributed by atoms with Crippen LogP contribution >= 0.6 is 0 Å². The Morgan fingerprint density at radius 3 is 2.50 bits per heavy atom. The monoisotopic (exact) mass is 595 g/mol. The third kappa shape index (κ3) is 8.62. The Morgan fingerprint density at radius 2 is 1.69 bits per heavy atom. The van der Waals surface area contributed by atoms with Crippen LogP contribution in [0.3, 0.4) is 0 Å². The lowest BCUT2D eigenvalue weighted by atomic mass is 9.83. The lowest BCUT2D eigenvalue weighted by Gasteiger charge is -2.39. The Bertz CT molecular complexity index is 868. The number of rotatable bonds is 4. The number of piperidine rings is 1. The fourth-order valence-electron chi connectivity index (χ4n) is 7.34. The van der Waals surface area contributed by atoms with Crippen LogP contribution in [0.25, 0.3) is 0 Å². The average molecular weight is 596 g/mol. The maximum Gasteiger partial charge on any atom is 0.310 e. The molecule has 12 nitrogen and oxygen atoms in total. The molecule has 4 saturated heterocycles. The second kappa shape index (κ2) is 16.1. The summed E-state index contributed by atoms with van der Waals surface area (Å²) in [7, 11) is 3.33. The van der Waals surface area contributed by atoms with E-state index in [-0.39, 0.29) is 48.2 Å². The van der Waals surface area contributed by atoms with Crippen molar-refractivity contribution in [3.63, 3.8) is 0 Å². The Kier molecular flexibility index (Phi) is 12.3. The van der Waals surface area contributed by atoms with Crippen molar-refractivity contribution in [3.8, 4) is 0 Å². The molecule has 2 N–H and O–H groups in total. The molecule has 9 atom stereocenters. The number of cyclic esters (lactones) is 1. The molecule has 12 heteroatoms. The minimum absolute atomic E-state index is 0.0669. The number of carbonyl (C=O) groups is 2. The van der Waals surface area contributed by atoms with Crippen LogP contribution in [0.5, 0.6) is 0 Å². The van der Waals surface area contributed by atoms with Crippen molar-refractivity contribution < 1.29 is 33.3 Å². The van der Waals surface area contributed by atoms with Gasteiger partial charge in [0.15, 0.2) is 0 Å². The maximum atomic E-state index is 13.3. The van der Waals surface area contributed by atoms with Crippen LogP contribution in [0.1, 0.15) is 57.8 Å². The number of ether oxygens (including phenoxy) is 5. The molecule has 5 aliphatic rings. The summed E-state index contributed by atoms with van der Waals surface area (Å²) in [6.07, 6.45) is 6.62. The SMILES string of the molecule is COC1CC2CC(OCCCC(OC(=O)C3CCC4NNCN4C3)CCN3CCCN(CCCOC2=O)CC3)C1OC. The first-order chi connectivity index (χ1) is 20.5. The van der Waals surface area contributed by atoms with Crippen LogP contribution in [0.4, 0.5) is 0 Å². The molecular weight excluding hydrogens is 542 g/mol. The molecule has 9 unspecified atom stereocenters. The Morgan fingerprint density at radius 1 is 0.881 bits per heavy atom. The Balaban J connectivity index is 1.23. The number of hydrogen-bond acceptors (Lipinski definition) is 12. The third-order valence-electron chi connectivity index (χ3n) is 9.84. The highest BCUT2D eigenvalue weighted by Crippen LogP contribution is 2.32. The van der Waals surface area contributed by atoms with Crippen LogP contribution in [-0.4, -0.2) is 137 Å². The molecule has 5 fully saturated rings. The number of hydrazine groups is 1. The highest BCUT2D eigenvalue weighted by molar-refractivity contribution is 5.73. The topological polar surface area (TPSA) is 114 Å². The molecule has 0 aromatic heterocycles. The van der Waals surface area contributed by atoms with Gasteiger partial charge < -0.3 is 33.5 Å². The summed E-state index contributed by atoms with van der Waals surface area (Å²) in [4.78, 5) is 33.6. The first-order valence-electron chi connectivity index (χ1n) is 16.3. The number of nitrogens with zero attached hydrogens (tertiary/aromatic N) is 3. The van der Waals surface area contributed by atoms with Gasteiger partial charge in [-0.05, 0) is 70.9 Å². The van der Waals surface area contributed by atoms with Gasteiger partial charge >= 0.3 is 11.9 Å². The van der Waals surface area contributed by atoms with Gasteiger partial charge in [0.2, 0.25) is 0 Å². The van der Waals surface area contributed by atoms with Crippen molar-refractivity contribution in [2.24, 2.45) is 11.8 Å². The molecule has 1 aliphatic carbocycles. The van der Waals surface area contributed by atoms with Crippen molar-refractivity contribution in [1.82, 2.24) is 25.6 Å². The van der Waals surface area contributed by atoms with Crippen LogP contribution in [-0.2, 0) is 33.3 Å². The van der Waals surface area contributed by atoms with Crippen molar-refractivity contribution in [2.45, 2.75) is 88.4 Å². The molecule has 0 aromatic carbocycles. The normalized spacial score (nSPS) is 39.7. The number of methoxy groups -OCH3 is 2. The predicted molar refractivity (Wildman–Crippen MR) is 155 cm³/mol. The number of esters is 2. The quantitative estimate of drug-likeness (QED) is 0.451. The fraction of sp³-hybridized carbons (Fsp3) is 0.933. The number of fused-ring (bicyclic) bond motifs is 6. The smallest absolute Gasteiger partial charge is 0.310 e. The predicted octanol–water partition coefficient (Wildman–Crippen LogP) is 0.952. The molecule has 4 heterocycles. The number of carbonyl (C=O) groups excluding carboxylic acids is 2. The van der Waals surface area contributed by atoms with E-state index >= 15 is 0 Å². The molecule has 4 aliphatic heterocycles. The molecule has 0 amide bonds. The summed E-state index contributed by atoms with van der Waals surface area (Å²) in [5.41, 5.74) is 6.46. The van der Waals surface area contributed by atoms with Crippen molar-refractivity contribution in [3.05, 3.63) is 0 Å². The highest BCUT2D eigenvalue weighted by atomic mass is 16.6. The van der Waals surface area contributed by atoms with Crippen LogP contribution in [0.15, 0.2) is 0 Å². The van der Waals surface area contributed by atoms with Gasteiger partial charge in [0.05, 0.1) is 43.5 Å². The van der Waals surface area contributed by atoms with Gasteiger partial charge in [-0.15, -0.1) is 0 Å². The largest absolute Gasteiger partial charge is 0.465 e. The van der Waals surface area contributed by atoms with E-state index in [2.05, 4.69) is 25.6 Å². The summed E-state index contributed by atoms with van der Waals surface area (Å²) in [6, 6.07) is 0. The molecule has 1 saturated carbocycles. The summed E-state index contributed by atoms with van der Waals surface area (Å²) in [6.45, 7) is 8.39. The van der Waals surface area contributed by atoms with Crippen molar-refractivity contribution in [1.29, 1.82) is 0 Å². The van der Waals surface area contributed by atoms with E-state index in [1.54, 1.807) is 14.2 Å². The first-order valence-corrected chi connectivity index (χ1v) is 16.3. The minimum Gasteiger partial charge on any atom is -0.465 e. The summed E-state index contributed by atoms with van der Waals surface area (Å²) in [5.74, 6) is -0.593. The minimum atomic E-state index is -0.273. The number of hydrogen-bond donors (Lipinski definition) is 2.